The smallest absolute Gasteiger partial charge is 0.432 e. The van der Waals surface area contributed by atoms with Crippen LogP contribution in [0.15, 0.2) is 48.6 Å². The Balaban J connectivity index is 1.79. The fraction of sp³-hybridized carbons (Fsp3) is 0.500. The van der Waals surface area contributed by atoms with Gasteiger partial charge in [0.05, 0.1) is 13.2 Å². The van der Waals surface area contributed by atoms with Crippen molar-refractivity contribution >= 4 is 11.9 Å². The van der Waals surface area contributed by atoms with Crippen molar-refractivity contribution in [1.29, 1.82) is 0 Å². The Bertz CT molecular complexity index is 1110. The maximum Gasteiger partial charge on any atom is 0.432 e. The molecule has 0 unspecified atom stereocenters. The highest BCUT2D eigenvalue weighted by molar-refractivity contribution is 5.86. The highest BCUT2D eigenvalue weighted by Crippen LogP contribution is 2.35. The number of ether oxygens (including phenoxy) is 3. The first-order chi connectivity index (χ1) is 19.5. The first kappa shape index (κ1) is 33.8. The van der Waals surface area contributed by atoms with E-state index in [1.165, 1.54) is 12.1 Å². The van der Waals surface area contributed by atoms with Crippen LogP contribution in [0.2, 0.25) is 0 Å². The van der Waals surface area contributed by atoms with Crippen LogP contribution in [0.25, 0.3) is 0 Å². The maximum atomic E-state index is 14.8. The number of carbonyl (C=O) groups is 2. The fourth-order valence-corrected chi connectivity index (χ4v) is 4.12. The number of hydrogen-bond donors (Lipinski definition) is 0. The molecule has 0 N–H and O–H groups in total. The van der Waals surface area contributed by atoms with Gasteiger partial charge in [0.2, 0.25) is 0 Å². The number of benzene rings is 2. The number of carbonyl (C=O) groups excluding carboxylic acids is 2. The number of aryl methyl sites for hydroxylation is 2. The topological polar surface area (TPSA) is 61.8 Å². The summed E-state index contributed by atoms with van der Waals surface area (Å²) >= 11 is 0. The van der Waals surface area contributed by atoms with Gasteiger partial charge in [0.25, 0.3) is 0 Å². The second-order valence-electron chi connectivity index (χ2n) is 10.0. The van der Waals surface area contributed by atoms with Crippen LogP contribution < -0.4 is 4.74 Å². The Hall–Kier alpha value is -3.36. The molecule has 0 aliphatic carbocycles. The molecule has 5 nitrogen and oxygen atoms in total. The summed E-state index contributed by atoms with van der Waals surface area (Å²) in [5.74, 6) is -3.58. The second-order valence-corrected chi connectivity index (χ2v) is 10.0. The van der Waals surface area contributed by atoms with Crippen molar-refractivity contribution in [3.8, 4) is 5.75 Å². The average molecular weight is 581 g/mol. The molecule has 0 fully saturated rings. The SMILES string of the molecule is C=C(C)C(=O)OCCCCCCc1cc(F)c(C(F)(F)Oc2ccc(CCCCCCOC(=O)CC)cc2)c(F)c1. The standard InChI is InChI=1S/C32H40F4O5/c1-4-29(37)39-19-11-7-5-9-13-24-15-17-26(18-16-24)41-32(35,36)30-27(33)21-25(22-28(30)34)14-10-6-8-12-20-40-31(38)23(2)3/h15-18,21-22H,2,4-14,19-20H2,1,3H3. The zero-order valence-electron chi connectivity index (χ0n) is 23.9. The van der Waals surface area contributed by atoms with Gasteiger partial charge >= 0.3 is 18.0 Å². The van der Waals surface area contributed by atoms with Gasteiger partial charge in [-0.15, -0.1) is 0 Å². The molecule has 0 heterocycles. The van der Waals surface area contributed by atoms with Crippen LogP contribution in [-0.4, -0.2) is 25.2 Å². The molecule has 0 aromatic heterocycles. The van der Waals surface area contributed by atoms with Crippen LogP contribution in [-0.2, 0) is 38.0 Å². The zero-order valence-corrected chi connectivity index (χ0v) is 23.9. The Morgan fingerprint density at radius 2 is 1.29 bits per heavy atom. The Labute approximate surface area is 239 Å². The highest BCUT2D eigenvalue weighted by atomic mass is 19.3. The molecule has 0 aliphatic heterocycles. The van der Waals surface area contributed by atoms with E-state index in [4.69, 9.17) is 14.2 Å². The van der Waals surface area contributed by atoms with E-state index in [2.05, 4.69) is 6.58 Å². The summed E-state index contributed by atoms with van der Waals surface area (Å²) in [5.41, 5.74) is 0.108. The second kappa shape index (κ2) is 17.5. The summed E-state index contributed by atoms with van der Waals surface area (Å²) in [7, 11) is 0. The summed E-state index contributed by atoms with van der Waals surface area (Å²) < 4.78 is 73.5. The van der Waals surface area contributed by atoms with Gasteiger partial charge in [0.15, 0.2) is 0 Å². The van der Waals surface area contributed by atoms with E-state index >= 15 is 0 Å². The molecule has 0 saturated heterocycles. The van der Waals surface area contributed by atoms with Gasteiger partial charge in [-0.3, -0.25) is 4.79 Å². The Kier molecular flexibility index (Phi) is 14.4. The van der Waals surface area contributed by atoms with Gasteiger partial charge in [0.1, 0.15) is 22.9 Å². The van der Waals surface area contributed by atoms with Gasteiger partial charge in [-0.1, -0.05) is 51.3 Å². The largest absolute Gasteiger partial charge is 0.466 e. The van der Waals surface area contributed by atoms with Crippen molar-refractivity contribution in [1.82, 2.24) is 0 Å². The van der Waals surface area contributed by atoms with Gasteiger partial charge in [-0.2, -0.15) is 8.78 Å². The van der Waals surface area contributed by atoms with Crippen molar-refractivity contribution in [3.05, 3.63) is 76.9 Å². The van der Waals surface area contributed by atoms with E-state index in [0.717, 1.165) is 62.6 Å². The third kappa shape index (κ3) is 12.4. The summed E-state index contributed by atoms with van der Waals surface area (Å²) in [6.45, 7) is 7.49. The minimum absolute atomic E-state index is 0.201. The van der Waals surface area contributed by atoms with Gasteiger partial charge in [-0.05, 0) is 80.8 Å². The maximum absolute atomic E-state index is 14.8. The van der Waals surface area contributed by atoms with Crippen molar-refractivity contribution in [2.75, 3.05) is 13.2 Å². The number of halogens is 4. The van der Waals surface area contributed by atoms with Crippen molar-refractivity contribution in [2.24, 2.45) is 0 Å². The fourth-order valence-electron chi connectivity index (χ4n) is 4.12. The first-order valence-electron chi connectivity index (χ1n) is 14.2. The molecular weight excluding hydrogens is 540 g/mol. The van der Waals surface area contributed by atoms with Crippen molar-refractivity contribution in [3.63, 3.8) is 0 Å². The lowest BCUT2D eigenvalue weighted by Gasteiger charge is -2.20. The monoisotopic (exact) mass is 580 g/mol. The van der Waals surface area contributed by atoms with E-state index in [9.17, 15) is 27.2 Å². The third-order valence-corrected chi connectivity index (χ3v) is 6.42. The summed E-state index contributed by atoms with van der Waals surface area (Å²) in [6.07, 6.45) is 3.44. The number of hydrogen-bond acceptors (Lipinski definition) is 5. The van der Waals surface area contributed by atoms with E-state index in [0.29, 0.717) is 37.9 Å². The lowest BCUT2D eigenvalue weighted by atomic mass is 10.0. The third-order valence-electron chi connectivity index (χ3n) is 6.42. The van der Waals surface area contributed by atoms with Crippen molar-refractivity contribution in [2.45, 2.75) is 90.6 Å². The minimum atomic E-state index is -4.20. The molecule has 0 bridgehead atoms. The first-order valence-corrected chi connectivity index (χ1v) is 14.2. The molecule has 9 heteroatoms. The number of alkyl halides is 2. The predicted molar refractivity (Wildman–Crippen MR) is 149 cm³/mol. The average Bonchev–Trinajstić information content (AvgIpc) is 2.91. The zero-order chi connectivity index (χ0) is 30.3. The summed E-state index contributed by atoms with van der Waals surface area (Å²) in [4.78, 5) is 22.4. The van der Waals surface area contributed by atoms with Crippen LogP contribution in [0.3, 0.4) is 0 Å². The number of rotatable bonds is 19. The van der Waals surface area contributed by atoms with E-state index in [1.54, 1.807) is 26.0 Å². The number of unbranched alkanes of at least 4 members (excludes halogenated alkanes) is 6. The molecule has 0 radical (unpaired) electrons. The number of esters is 2. The van der Waals surface area contributed by atoms with Crippen LogP contribution in [0.1, 0.15) is 88.3 Å². The van der Waals surface area contributed by atoms with Crippen LogP contribution >= 0.6 is 0 Å². The lowest BCUT2D eigenvalue weighted by molar-refractivity contribution is -0.189. The minimum Gasteiger partial charge on any atom is -0.466 e. The predicted octanol–water partition coefficient (Wildman–Crippen LogP) is 8.37. The van der Waals surface area contributed by atoms with Gasteiger partial charge in [-0.25, -0.2) is 13.6 Å². The Morgan fingerprint density at radius 1 is 0.780 bits per heavy atom. The van der Waals surface area contributed by atoms with Crippen LogP contribution in [0.4, 0.5) is 17.6 Å². The molecule has 0 saturated carbocycles. The molecule has 2 rings (SSSR count). The normalized spacial score (nSPS) is 11.3. The molecule has 2 aromatic carbocycles. The summed E-state index contributed by atoms with van der Waals surface area (Å²) in [6, 6.07) is 7.85. The lowest BCUT2D eigenvalue weighted by Crippen LogP contribution is -2.25. The molecule has 0 atom stereocenters. The molecule has 0 aliphatic rings. The molecule has 41 heavy (non-hydrogen) atoms. The van der Waals surface area contributed by atoms with E-state index < -0.39 is 29.3 Å². The molecular formula is C32H40F4O5. The molecule has 0 spiro atoms. The molecule has 0 amide bonds. The quantitative estimate of drug-likeness (QED) is 0.0723. The van der Waals surface area contributed by atoms with Crippen molar-refractivity contribution < 1.29 is 41.4 Å². The highest BCUT2D eigenvalue weighted by Gasteiger charge is 2.41. The van der Waals surface area contributed by atoms with E-state index in [1.807, 2.05) is 0 Å². The van der Waals surface area contributed by atoms with Gasteiger partial charge in [0, 0.05) is 12.0 Å². The van der Waals surface area contributed by atoms with E-state index in [-0.39, 0.29) is 23.9 Å². The molecule has 2 aromatic rings. The van der Waals surface area contributed by atoms with Crippen LogP contribution in [0, 0.1) is 11.6 Å². The Morgan fingerprint density at radius 3 is 1.83 bits per heavy atom. The summed E-state index contributed by atoms with van der Waals surface area (Å²) in [5, 5.41) is 0. The molecule has 226 valence electrons. The van der Waals surface area contributed by atoms with Crippen LogP contribution in [0.5, 0.6) is 5.75 Å². The van der Waals surface area contributed by atoms with Gasteiger partial charge < -0.3 is 14.2 Å².